The van der Waals surface area contributed by atoms with E-state index in [-0.39, 0.29) is 5.75 Å². The van der Waals surface area contributed by atoms with Crippen LogP contribution in [-0.2, 0) is 10.0 Å². The van der Waals surface area contributed by atoms with Gasteiger partial charge in [0.25, 0.3) is 0 Å². The first-order valence-electron chi connectivity index (χ1n) is 6.76. The summed E-state index contributed by atoms with van der Waals surface area (Å²) in [6.07, 6.45) is 2.30. The quantitative estimate of drug-likeness (QED) is 0.818. The van der Waals surface area contributed by atoms with Gasteiger partial charge in [-0.15, -0.1) is 0 Å². The van der Waals surface area contributed by atoms with Gasteiger partial charge < -0.3 is 14.8 Å². The van der Waals surface area contributed by atoms with Gasteiger partial charge in [-0.2, -0.15) is 0 Å². The SMILES string of the molecule is O=S(=O)(CCNC1CC1)Nc1ccc2c(c1)OCCO2. The van der Waals surface area contributed by atoms with Crippen LogP contribution in [0.2, 0.25) is 0 Å². The second kappa shape index (κ2) is 5.49. The van der Waals surface area contributed by atoms with Crippen molar-refractivity contribution in [3.8, 4) is 11.5 Å². The summed E-state index contributed by atoms with van der Waals surface area (Å²) < 4.78 is 37.3. The number of sulfonamides is 1. The number of nitrogens with one attached hydrogen (secondary N) is 2. The Labute approximate surface area is 118 Å². The fourth-order valence-electron chi connectivity index (χ4n) is 2.02. The van der Waals surface area contributed by atoms with Crippen molar-refractivity contribution >= 4 is 15.7 Å². The van der Waals surface area contributed by atoms with Crippen LogP contribution in [0.4, 0.5) is 5.69 Å². The van der Waals surface area contributed by atoms with Crippen molar-refractivity contribution in [3.05, 3.63) is 18.2 Å². The molecule has 2 aliphatic rings. The normalized spacial score (nSPS) is 17.8. The third-order valence-corrected chi connectivity index (χ3v) is 4.48. The maximum absolute atomic E-state index is 11.9. The van der Waals surface area contributed by atoms with Crippen LogP contribution in [0.15, 0.2) is 18.2 Å². The van der Waals surface area contributed by atoms with E-state index in [1.54, 1.807) is 18.2 Å². The molecule has 0 saturated heterocycles. The highest BCUT2D eigenvalue weighted by atomic mass is 32.2. The van der Waals surface area contributed by atoms with Crippen molar-refractivity contribution in [2.24, 2.45) is 0 Å². The molecule has 110 valence electrons. The largest absolute Gasteiger partial charge is 0.486 e. The number of rotatable bonds is 6. The molecule has 1 fully saturated rings. The fraction of sp³-hybridized carbons (Fsp3) is 0.538. The van der Waals surface area contributed by atoms with E-state index in [9.17, 15) is 8.42 Å². The molecule has 0 aromatic heterocycles. The molecule has 1 heterocycles. The zero-order chi connectivity index (χ0) is 14.0. The van der Waals surface area contributed by atoms with Gasteiger partial charge in [0.2, 0.25) is 10.0 Å². The first-order valence-corrected chi connectivity index (χ1v) is 8.41. The van der Waals surface area contributed by atoms with Crippen molar-refractivity contribution in [1.82, 2.24) is 5.32 Å². The lowest BCUT2D eigenvalue weighted by molar-refractivity contribution is 0.171. The molecule has 0 amide bonds. The summed E-state index contributed by atoms with van der Waals surface area (Å²) >= 11 is 0. The Kier molecular flexibility index (Phi) is 3.71. The summed E-state index contributed by atoms with van der Waals surface area (Å²) in [5.74, 6) is 1.29. The van der Waals surface area contributed by atoms with E-state index >= 15 is 0 Å². The fourth-order valence-corrected chi connectivity index (χ4v) is 3.00. The van der Waals surface area contributed by atoms with E-state index in [0.717, 1.165) is 12.8 Å². The maximum atomic E-state index is 11.9. The number of hydrogen-bond acceptors (Lipinski definition) is 5. The summed E-state index contributed by atoms with van der Waals surface area (Å²) in [6, 6.07) is 5.56. The zero-order valence-electron chi connectivity index (χ0n) is 11.1. The van der Waals surface area contributed by atoms with Crippen molar-refractivity contribution < 1.29 is 17.9 Å². The van der Waals surface area contributed by atoms with E-state index in [1.807, 2.05) is 0 Å². The molecule has 6 nitrogen and oxygen atoms in total. The smallest absolute Gasteiger partial charge is 0.233 e. The van der Waals surface area contributed by atoms with E-state index < -0.39 is 10.0 Å². The van der Waals surface area contributed by atoms with Crippen LogP contribution in [0.25, 0.3) is 0 Å². The molecule has 1 saturated carbocycles. The Morgan fingerprint density at radius 2 is 1.90 bits per heavy atom. The Hall–Kier alpha value is -1.47. The Bertz CT molecular complexity index is 584. The van der Waals surface area contributed by atoms with Gasteiger partial charge in [0.05, 0.1) is 11.4 Å². The molecule has 0 radical (unpaired) electrons. The molecule has 1 aliphatic heterocycles. The van der Waals surface area contributed by atoms with Crippen LogP contribution in [-0.4, -0.2) is 40.0 Å². The van der Waals surface area contributed by atoms with Crippen LogP contribution in [0.3, 0.4) is 0 Å². The minimum Gasteiger partial charge on any atom is -0.486 e. The topological polar surface area (TPSA) is 76.7 Å². The van der Waals surface area contributed by atoms with Gasteiger partial charge in [-0.1, -0.05) is 0 Å². The van der Waals surface area contributed by atoms with E-state index in [2.05, 4.69) is 10.0 Å². The van der Waals surface area contributed by atoms with Crippen LogP contribution in [0.1, 0.15) is 12.8 Å². The highest BCUT2D eigenvalue weighted by Crippen LogP contribution is 2.32. The first kappa shape index (κ1) is 13.5. The van der Waals surface area contributed by atoms with Crippen molar-refractivity contribution in [2.45, 2.75) is 18.9 Å². The predicted octanol–water partition coefficient (Wildman–Crippen LogP) is 0.951. The van der Waals surface area contributed by atoms with E-state index in [4.69, 9.17) is 9.47 Å². The van der Waals surface area contributed by atoms with Crippen LogP contribution in [0.5, 0.6) is 11.5 Å². The molecule has 0 unspecified atom stereocenters. The second-order valence-corrected chi connectivity index (χ2v) is 6.85. The number of fused-ring (bicyclic) bond motifs is 1. The van der Waals surface area contributed by atoms with Gasteiger partial charge in [-0.05, 0) is 25.0 Å². The van der Waals surface area contributed by atoms with Crippen LogP contribution < -0.4 is 19.5 Å². The number of hydrogen-bond donors (Lipinski definition) is 2. The Morgan fingerprint density at radius 3 is 2.65 bits per heavy atom. The number of ether oxygens (including phenoxy) is 2. The van der Waals surface area contributed by atoms with Crippen LogP contribution in [0, 0.1) is 0 Å². The molecule has 0 bridgehead atoms. The Morgan fingerprint density at radius 1 is 1.15 bits per heavy atom. The summed E-state index contributed by atoms with van der Waals surface area (Å²) in [5, 5.41) is 3.18. The van der Waals surface area contributed by atoms with Gasteiger partial charge in [0, 0.05) is 18.7 Å². The minimum absolute atomic E-state index is 0.0674. The van der Waals surface area contributed by atoms with Crippen molar-refractivity contribution in [1.29, 1.82) is 0 Å². The highest BCUT2D eigenvalue weighted by Gasteiger charge is 2.21. The summed E-state index contributed by atoms with van der Waals surface area (Å²) in [7, 11) is -3.34. The zero-order valence-corrected chi connectivity index (χ0v) is 11.9. The van der Waals surface area contributed by atoms with Gasteiger partial charge in [-0.25, -0.2) is 8.42 Å². The molecular formula is C13H18N2O4S. The molecule has 3 rings (SSSR count). The number of anilines is 1. The highest BCUT2D eigenvalue weighted by molar-refractivity contribution is 7.92. The molecule has 1 aromatic rings. The lowest BCUT2D eigenvalue weighted by Crippen LogP contribution is -2.28. The third-order valence-electron chi connectivity index (χ3n) is 3.20. The average molecular weight is 298 g/mol. The summed E-state index contributed by atoms with van der Waals surface area (Å²) in [4.78, 5) is 0. The molecule has 20 heavy (non-hydrogen) atoms. The van der Waals surface area contributed by atoms with Crippen LogP contribution >= 0.6 is 0 Å². The van der Waals surface area contributed by atoms with Crippen molar-refractivity contribution in [2.75, 3.05) is 30.2 Å². The average Bonchev–Trinajstić information content (AvgIpc) is 3.22. The monoisotopic (exact) mass is 298 g/mol. The minimum atomic E-state index is -3.34. The lowest BCUT2D eigenvalue weighted by atomic mass is 10.3. The molecule has 0 atom stereocenters. The second-order valence-electron chi connectivity index (χ2n) is 5.01. The first-order chi connectivity index (χ1) is 9.62. The molecule has 1 aromatic carbocycles. The molecule has 1 aliphatic carbocycles. The van der Waals surface area contributed by atoms with Gasteiger partial charge in [-0.3, -0.25) is 4.72 Å². The molecule has 0 spiro atoms. The van der Waals surface area contributed by atoms with Gasteiger partial charge in [0.15, 0.2) is 11.5 Å². The summed E-state index contributed by atoms with van der Waals surface area (Å²) in [6.45, 7) is 1.48. The van der Waals surface area contributed by atoms with Crippen molar-refractivity contribution in [3.63, 3.8) is 0 Å². The standard InChI is InChI=1S/C13H18N2O4S/c16-20(17,8-5-14-10-1-2-10)15-11-3-4-12-13(9-11)19-7-6-18-12/h3-4,9-10,14-15H,1-2,5-8H2. The maximum Gasteiger partial charge on any atom is 0.233 e. The lowest BCUT2D eigenvalue weighted by Gasteiger charge is -2.19. The predicted molar refractivity (Wildman–Crippen MR) is 75.9 cm³/mol. The molecule has 2 N–H and O–H groups in total. The Balaban J connectivity index is 1.60. The van der Waals surface area contributed by atoms with Gasteiger partial charge in [0.1, 0.15) is 13.2 Å². The third kappa shape index (κ3) is 3.55. The van der Waals surface area contributed by atoms with E-state index in [0.29, 0.717) is 43.0 Å². The molecule has 7 heteroatoms. The summed E-state index contributed by atoms with van der Waals surface area (Å²) in [5.41, 5.74) is 0.501. The molecular weight excluding hydrogens is 280 g/mol. The number of benzene rings is 1. The van der Waals surface area contributed by atoms with Gasteiger partial charge >= 0.3 is 0 Å². The van der Waals surface area contributed by atoms with E-state index in [1.165, 1.54) is 0 Å².